The van der Waals surface area contributed by atoms with E-state index in [1.807, 2.05) is 6.08 Å². The Balaban J connectivity index is 3.05. The van der Waals surface area contributed by atoms with Gasteiger partial charge < -0.3 is 4.74 Å². The van der Waals surface area contributed by atoms with E-state index in [1.165, 1.54) is 51.7 Å². The van der Waals surface area contributed by atoms with Crippen molar-refractivity contribution in [3.05, 3.63) is 12.3 Å². The first-order chi connectivity index (χ1) is 6.77. The van der Waals surface area contributed by atoms with Crippen LogP contribution in [0.25, 0.3) is 0 Å². The van der Waals surface area contributed by atoms with E-state index in [2.05, 4.69) is 11.7 Å². The van der Waals surface area contributed by atoms with Gasteiger partial charge in [-0.25, -0.2) is 0 Å². The fourth-order valence-corrected chi connectivity index (χ4v) is 1.25. The van der Waals surface area contributed by atoms with E-state index in [4.69, 9.17) is 0 Å². The van der Waals surface area contributed by atoms with Crippen LogP contribution in [0.3, 0.4) is 0 Å². The number of hydrogen-bond donors (Lipinski definition) is 0. The van der Waals surface area contributed by atoms with Gasteiger partial charge in [0.15, 0.2) is 0 Å². The number of esters is 1. The third kappa shape index (κ3) is 11.2. The van der Waals surface area contributed by atoms with Crippen molar-refractivity contribution in [1.82, 2.24) is 0 Å². The molecule has 0 N–H and O–H groups in total. The second-order valence-electron chi connectivity index (χ2n) is 3.54. The summed E-state index contributed by atoms with van der Waals surface area (Å²) in [5.41, 5.74) is 0. The molecule has 82 valence electrons. The van der Waals surface area contributed by atoms with E-state index in [1.54, 1.807) is 0 Å². The monoisotopic (exact) mass is 198 g/mol. The predicted molar refractivity (Wildman–Crippen MR) is 58.9 cm³/mol. The van der Waals surface area contributed by atoms with Crippen LogP contribution in [-0.4, -0.2) is 5.97 Å². The first-order valence-corrected chi connectivity index (χ1v) is 5.59. The van der Waals surface area contributed by atoms with Gasteiger partial charge in [-0.3, -0.25) is 4.79 Å². The number of allylic oxidation sites excluding steroid dienone is 1. The molecule has 0 saturated heterocycles. The molecule has 0 aromatic rings. The van der Waals surface area contributed by atoms with Crippen LogP contribution in [-0.2, 0) is 9.53 Å². The lowest BCUT2D eigenvalue weighted by Gasteiger charge is -1.97. The minimum absolute atomic E-state index is 0.246. The molecule has 0 atom stereocenters. The Morgan fingerprint density at radius 2 is 1.79 bits per heavy atom. The van der Waals surface area contributed by atoms with Crippen molar-refractivity contribution < 1.29 is 9.53 Å². The molecule has 0 unspecified atom stereocenters. The van der Waals surface area contributed by atoms with Gasteiger partial charge in [-0.15, -0.1) is 0 Å². The second kappa shape index (κ2) is 10.3. The van der Waals surface area contributed by atoms with Crippen molar-refractivity contribution in [2.45, 2.75) is 58.8 Å². The molecule has 0 aromatic heterocycles. The van der Waals surface area contributed by atoms with Gasteiger partial charge in [-0.05, 0) is 18.9 Å². The Morgan fingerprint density at radius 1 is 1.14 bits per heavy atom. The largest absolute Gasteiger partial charge is 0.435 e. The zero-order chi connectivity index (χ0) is 10.6. The lowest BCUT2D eigenvalue weighted by Crippen LogP contribution is -1.89. The molecule has 0 aliphatic rings. The van der Waals surface area contributed by atoms with Gasteiger partial charge in [0.1, 0.15) is 0 Å². The van der Waals surface area contributed by atoms with E-state index in [-0.39, 0.29) is 5.97 Å². The average molecular weight is 198 g/mol. The number of hydrogen-bond acceptors (Lipinski definition) is 2. The van der Waals surface area contributed by atoms with Gasteiger partial charge in [-0.2, -0.15) is 0 Å². The predicted octanol–water partition coefficient (Wildman–Crippen LogP) is 3.81. The van der Waals surface area contributed by atoms with Crippen molar-refractivity contribution in [2.24, 2.45) is 0 Å². The lowest BCUT2D eigenvalue weighted by atomic mass is 10.1. The fourth-order valence-electron chi connectivity index (χ4n) is 1.25. The van der Waals surface area contributed by atoms with Crippen molar-refractivity contribution in [1.29, 1.82) is 0 Å². The number of unbranched alkanes of at least 4 members (excludes halogenated alkanes) is 6. The highest BCUT2D eigenvalue weighted by atomic mass is 16.5. The van der Waals surface area contributed by atoms with Gasteiger partial charge in [0.25, 0.3) is 0 Å². The van der Waals surface area contributed by atoms with E-state index >= 15 is 0 Å². The van der Waals surface area contributed by atoms with Crippen molar-refractivity contribution in [3.63, 3.8) is 0 Å². The molecule has 2 heteroatoms. The Hall–Kier alpha value is -0.790. The molecule has 0 saturated carbocycles. The molecule has 0 aromatic carbocycles. The summed E-state index contributed by atoms with van der Waals surface area (Å²) in [6.45, 7) is 3.64. The zero-order valence-electron chi connectivity index (χ0n) is 9.42. The van der Waals surface area contributed by atoms with Gasteiger partial charge >= 0.3 is 5.97 Å². The molecule has 0 spiro atoms. The van der Waals surface area contributed by atoms with Crippen LogP contribution in [0.4, 0.5) is 0 Å². The summed E-state index contributed by atoms with van der Waals surface area (Å²) < 4.78 is 4.67. The van der Waals surface area contributed by atoms with E-state index in [0.29, 0.717) is 0 Å². The Labute approximate surface area is 87.3 Å². The lowest BCUT2D eigenvalue weighted by molar-refractivity contribution is -0.135. The van der Waals surface area contributed by atoms with Crippen LogP contribution >= 0.6 is 0 Å². The van der Waals surface area contributed by atoms with Crippen LogP contribution in [0, 0.1) is 0 Å². The molecule has 0 radical (unpaired) electrons. The third-order valence-electron chi connectivity index (χ3n) is 2.05. The maximum atomic E-state index is 10.4. The number of carbonyl (C=O) groups is 1. The van der Waals surface area contributed by atoms with Gasteiger partial charge in [0.05, 0.1) is 6.26 Å². The molecule has 0 aliphatic carbocycles. The molecule has 0 bridgehead atoms. The summed E-state index contributed by atoms with van der Waals surface area (Å²) in [6, 6.07) is 0. The minimum atomic E-state index is -0.246. The van der Waals surface area contributed by atoms with Crippen LogP contribution in [0.5, 0.6) is 0 Å². The van der Waals surface area contributed by atoms with E-state index < -0.39 is 0 Å². The van der Waals surface area contributed by atoms with Crippen LogP contribution in [0.2, 0.25) is 0 Å². The highest BCUT2D eigenvalue weighted by Gasteiger charge is 1.88. The maximum Gasteiger partial charge on any atom is 0.307 e. The van der Waals surface area contributed by atoms with Gasteiger partial charge in [-0.1, -0.05) is 39.0 Å². The van der Waals surface area contributed by atoms with Gasteiger partial charge in [0.2, 0.25) is 0 Å². The summed E-state index contributed by atoms with van der Waals surface area (Å²) >= 11 is 0. The maximum absolute atomic E-state index is 10.4. The molecule has 0 aliphatic heterocycles. The summed E-state index contributed by atoms with van der Waals surface area (Å²) in [5, 5.41) is 0. The Kier molecular flexibility index (Phi) is 9.71. The molecule has 0 rings (SSSR count). The van der Waals surface area contributed by atoms with Crippen molar-refractivity contribution >= 4 is 5.97 Å². The van der Waals surface area contributed by atoms with Gasteiger partial charge in [0, 0.05) is 6.92 Å². The molecular weight excluding hydrogens is 176 g/mol. The standard InChI is InChI=1S/C12H22O2/c1-3-4-5-6-7-8-9-10-11-14-12(2)13/h10-11H,3-9H2,1-2H3/b11-10+. The van der Waals surface area contributed by atoms with E-state index in [0.717, 1.165) is 6.42 Å². The average Bonchev–Trinajstić information content (AvgIpc) is 2.15. The Bertz CT molecular complexity index is 162. The molecule has 0 amide bonds. The summed E-state index contributed by atoms with van der Waals surface area (Å²) in [6.07, 6.45) is 12.2. The number of carbonyl (C=O) groups excluding carboxylic acids is 1. The molecule has 0 fully saturated rings. The molecule has 0 heterocycles. The topological polar surface area (TPSA) is 26.3 Å². The number of rotatable bonds is 8. The fraction of sp³-hybridized carbons (Fsp3) is 0.750. The Morgan fingerprint density at radius 3 is 2.43 bits per heavy atom. The minimum Gasteiger partial charge on any atom is -0.435 e. The third-order valence-corrected chi connectivity index (χ3v) is 2.05. The van der Waals surface area contributed by atoms with Crippen molar-refractivity contribution in [2.75, 3.05) is 0 Å². The first-order valence-electron chi connectivity index (χ1n) is 5.59. The quantitative estimate of drug-likeness (QED) is 0.337. The summed E-state index contributed by atoms with van der Waals surface area (Å²) in [5.74, 6) is -0.246. The first kappa shape index (κ1) is 13.2. The number of ether oxygens (including phenoxy) is 1. The second-order valence-corrected chi connectivity index (χ2v) is 3.54. The van der Waals surface area contributed by atoms with Crippen LogP contribution in [0.15, 0.2) is 12.3 Å². The highest BCUT2D eigenvalue weighted by molar-refractivity contribution is 5.66. The highest BCUT2D eigenvalue weighted by Crippen LogP contribution is 2.06. The van der Waals surface area contributed by atoms with E-state index in [9.17, 15) is 4.79 Å². The van der Waals surface area contributed by atoms with Crippen LogP contribution < -0.4 is 0 Å². The molecular formula is C12H22O2. The van der Waals surface area contributed by atoms with Crippen molar-refractivity contribution in [3.8, 4) is 0 Å². The van der Waals surface area contributed by atoms with Crippen LogP contribution in [0.1, 0.15) is 58.8 Å². The normalized spacial score (nSPS) is 10.7. The summed E-state index contributed by atoms with van der Waals surface area (Å²) in [7, 11) is 0. The SMILES string of the molecule is CCCCCCCC/C=C/OC(C)=O. The zero-order valence-corrected chi connectivity index (χ0v) is 9.42. The molecule has 14 heavy (non-hydrogen) atoms. The smallest absolute Gasteiger partial charge is 0.307 e. The summed E-state index contributed by atoms with van der Waals surface area (Å²) in [4.78, 5) is 10.4. The molecule has 2 nitrogen and oxygen atoms in total.